The second-order valence-electron chi connectivity index (χ2n) is 5.31. The lowest BCUT2D eigenvalue weighted by Crippen LogP contribution is -2.38. The molecule has 5 N–H and O–H groups in total. The number of hydrogen-bond acceptors (Lipinski definition) is 4. The van der Waals surface area contributed by atoms with Gasteiger partial charge in [-0.05, 0) is 37.1 Å². The number of carbonyl (C=O) groups is 2. The van der Waals surface area contributed by atoms with E-state index in [-0.39, 0.29) is 18.8 Å². The third-order valence-corrected chi connectivity index (χ3v) is 4.83. The van der Waals surface area contributed by atoms with Crippen LogP contribution in [0, 0.1) is 0 Å². The summed E-state index contributed by atoms with van der Waals surface area (Å²) in [5.41, 5.74) is 11.3. The predicted octanol–water partition coefficient (Wildman–Crippen LogP) is 2.28. The van der Waals surface area contributed by atoms with E-state index >= 15 is 0 Å². The molecule has 1 atom stereocenters. The first kappa shape index (κ1) is 18.8. The third-order valence-electron chi connectivity index (χ3n) is 3.48. The molecule has 1 fully saturated rings. The maximum atomic E-state index is 11.8. The van der Waals surface area contributed by atoms with Crippen LogP contribution in [0.5, 0.6) is 0 Å². The van der Waals surface area contributed by atoms with Gasteiger partial charge in [-0.25, -0.2) is 0 Å². The van der Waals surface area contributed by atoms with Gasteiger partial charge in [-0.15, -0.1) is 24.2 Å². The largest absolute Gasteiger partial charge is 0.370 e. The maximum absolute atomic E-state index is 11.8. The molecular formula is C15H22ClN3O2S. The van der Waals surface area contributed by atoms with E-state index in [2.05, 4.69) is 5.32 Å². The van der Waals surface area contributed by atoms with Gasteiger partial charge in [0, 0.05) is 15.8 Å². The second-order valence-corrected chi connectivity index (χ2v) is 6.69. The average Bonchev–Trinajstić information content (AvgIpc) is 2.93. The number of nitrogens with one attached hydrogen (secondary N) is 1. The Labute approximate surface area is 141 Å². The molecule has 1 aliphatic carbocycles. The number of primary amides is 1. The molecule has 7 heteroatoms. The maximum Gasteiger partial charge on any atom is 0.241 e. The van der Waals surface area contributed by atoms with Gasteiger partial charge in [0.25, 0.3) is 0 Å². The zero-order valence-electron chi connectivity index (χ0n) is 12.3. The van der Waals surface area contributed by atoms with Crippen LogP contribution in [0.1, 0.15) is 32.1 Å². The monoisotopic (exact) mass is 343 g/mol. The molecule has 0 aromatic heterocycles. The van der Waals surface area contributed by atoms with E-state index in [0.29, 0.717) is 5.69 Å². The van der Waals surface area contributed by atoms with Gasteiger partial charge < -0.3 is 16.8 Å². The molecule has 0 saturated heterocycles. The molecule has 0 bridgehead atoms. The Morgan fingerprint density at radius 1 is 1.23 bits per heavy atom. The van der Waals surface area contributed by atoms with Crippen LogP contribution < -0.4 is 16.8 Å². The third kappa shape index (κ3) is 5.87. The van der Waals surface area contributed by atoms with E-state index in [1.165, 1.54) is 30.6 Å². The van der Waals surface area contributed by atoms with Crippen LogP contribution in [-0.4, -0.2) is 23.1 Å². The normalized spacial score (nSPS) is 15.9. The fourth-order valence-corrected chi connectivity index (χ4v) is 3.61. The van der Waals surface area contributed by atoms with E-state index in [0.717, 1.165) is 5.25 Å². The topological polar surface area (TPSA) is 98.2 Å². The summed E-state index contributed by atoms with van der Waals surface area (Å²) in [6.45, 7) is 0. The Kier molecular flexibility index (Phi) is 7.72. The van der Waals surface area contributed by atoms with Crippen LogP contribution in [0.15, 0.2) is 29.2 Å². The van der Waals surface area contributed by atoms with Crippen molar-refractivity contribution in [2.45, 2.75) is 48.3 Å². The summed E-state index contributed by atoms with van der Waals surface area (Å²) < 4.78 is 0. The first-order valence-corrected chi connectivity index (χ1v) is 8.04. The quantitative estimate of drug-likeness (QED) is 0.738. The number of anilines is 1. The molecule has 1 unspecified atom stereocenters. The molecule has 1 aliphatic rings. The van der Waals surface area contributed by atoms with Gasteiger partial charge in [0.2, 0.25) is 11.8 Å². The minimum absolute atomic E-state index is 0. The number of halogens is 1. The van der Waals surface area contributed by atoms with Crippen molar-refractivity contribution in [3.63, 3.8) is 0 Å². The van der Waals surface area contributed by atoms with Gasteiger partial charge in [0.15, 0.2) is 0 Å². The van der Waals surface area contributed by atoms with Crippen LogP contribution in [0.2, 0.25) is 0 Å². The van der Waals surface area contributed by atoms with E-state index in [1.807, 2.05) is 36.0 Å². The summed E-state index contributed by atoms with van der Waals surface area (Å²) in [4.78, 5) is 23.7. The van der Waals surface area contributed by atoms with E-state index < -0.39 is 17.9 Å². The zero-order valence-corrected chi connectivity index (χ0v) is 13.9. The summed E-state index contributed by atoms with van der Waals surface area (Å²) in [5, 5.41) is 3.40. The van der Waals surface area contributed by atoms with Gasteiger partial charge in [-0.3, -0.25) is 9.59 Å². The molecule has 1 aromatic rings. The van der Waals surface area contributed by atoms with E-state index in [9.17, 15) is 9.59 Å². The highest BCUT2D eigenvalue weighted by molar-refractivity contribution is 8.00. The first-order valence-electron chi connectivity index (χ1n) is 7.16. The summed E-state index contributed by atoms with van der Waals surface area (Å²) >= 11 is 1.89. The van der Waals surface area contributed by atoms with Crippen LogP contribution in [-0.2, 0) is 9.59 Å². The van der Waals surface area contributed by atoms with Gasteiger partial charge in [0.05, 0.1) is 12.5 Å². The molecule has 0 aliphatic heterocycles. The minimum Gasteiger partial charge on any atom is -0.370 e. The Hall–Kier alpha value is -1.24. The standard InChI is InChI=1S/C15H21N3O2S.ClH/c16-13(9-14(17)19)15(20)18-10-5-7-12(8-6-10)21-11-3-1-2-4-11;/h5-8,11,13H,1-4,9,16H2,(H2,17,19)(H,18,20);1H. The van der Waals surface area contributed by atoms with Crippen molar-refractivity contribution in [3.05, 3.63) is 24.3 Å². The fraction of sp³-hybridized carbons (Fsp3) is 0.467. The van der Waals surface area contributed by atoms with Crippen molar-refractivity contribution < 1.29 is 9.59 Å². The molecule has 0 spiro atoms. The Morgan fingerprint density at radius 2 is 1.82 bits per heavy atom. The Morgan fingerprint density at radius 3 is 2.36 bits per heavy atom. The number of amides is 2. The summed E-state index contributed by atoms with van der Waals surface area (Å²) in [6, 6.07) is 6.80. The molecular weight excluding hydrogens is 322 g/mol. The zero-order chi connectivity index (χ0) is 15.2. The molecule has 22 heavy (non-hydrogen) atoms. The summed E-state index contributed by atoms with van der Waals surface area (Å²) in [5.74, 6) is -0.981. The van der Waals surface area contributed by atoms with Gasteiger partial charge in [-0.2, -0.15) is 0 Å². The highest BCUT2D eigenvalue weighted by atomic mass is 35.5. The molecule has 0 radical (unpaired) electrons. The first-order chi connectivity index (χ1) is 10.0. The lowest BCUT2D eigenvalue weighted by Gasteiger charge is -2.12. The summed E-state index contributed by atoms with van der Waals surface area (Å²) in [7, 11) is 0. The molecule has 1 saturated carbocycles. The number of carbonyl (C=O) groups excluding carboxylic acids is 2. The second kappa shape index (κ2) is 9.02. The predicted molar refractivity (Wildman–Crippen MR) is 92.2 cm³/mol. The van der Waals surface area contributed by atoms with Crippen molar-refractivity contribution in [3.8, 4) is 0 Å². The number of nitrogens with two attached hydrogens (primary N) is 2. The fourth-order valence-electron chi connectivity index (χ4n) is 2.36. The van der Waals surface area contributed by atoms with Crippen LogP contribution in [0.3, 0.4) is 0 Å². The SMILES string of the molecule is Cl.NC(=O)CC(N)C(=O)Nc1ccc(SC2CCCC2)cc1. The lowest BCUT2D eigenvalue weighted by atomic mass is 10.2. The van der Waals surface area contributed by atoms with Crippen molar-refractivity contribution in [1.82, 2.24) is 0 Å². The van der Waals surface area contributed by atoms with Crippen molar-refractivity contribution in [2.75, 3.05) is 5.32 Å². The highest BCUT2D eigenvalue weighted by Crippen LogP contribution is 2.34. The Balaban J connectivity index is 0.00000242. The smallest absolute Gasteiger partial charge is 0.241 e. The van der Waals surface area contributed by atoms with E-state index in [4.69, 9.17) is 11.5 Å². The van der Waals surface area contributed by atoms with Crippen LogP contribution >= 0.6 is 24.2 Å². The molecule has 2 amide bonds. The number of benzene rings is 1. The van der Waals surface area contributed by atoms with Crippen LogP contribution in [0.25, 0.3) is 0 Å². The van der Waals surface area contributed by atoms with Gasteiger partial charge >= 0.3 is 0 Å². The molecule has 122 valence electrons. The minimum atomic E-state index is -0.907. The summed E-state index contributed by atoms with van der Waals surface area (Å²) in [6.07, 6.45) is 5.06. The Bertz CT molecular complexity index is 504. The van der Waals surface area contributed by atoms with Gasteiger partial charge in [-0.1, -0.05) is 12.8 Å². The number of rotatable bonds is 6. The van der Waals surface area contributed by atoms with Crippen LogP contribution in [0.4, 0.5) is 5.69 Å². The number of hydrogen-bond donors (Lipinski definition) is 3. The average molecular weight is 344 g/mol. The molecule has 5 nitrogen and oxygen atoms in total. The van der Waals surface area contributed by atoms with E-state index in [1.54, 1.807) is 0 Å². The van der Waals surface area contributed by atoms with Crippen molar-refractivity contribution in [1.29, 1.82) is 0 Å². The molecule has 1 aromatic carbocycles. The lowest BCUT2D eigenvalue weighted by molar-refractivity contribution is -0.123. The van der Waals surface area contributed by atoms with Crippen molar-refractivity contribution in [2.24, 2.45) is 11.5 Å². The van der Waals surface area contributed by atoms with Gasteiger partial charge in [0.1, 0.15) is 0 Å². The molecule has 0 heterocycles. The molecule has 2 rings (SSSR count). The highest BCUT2D eigenvalue weighted by Gasteiger charge is 2.17. The number of thioether (sulfide) groups is 1. The van der Waals surface area contributed by atoms with Crippen molar-refractivity contribution >= 4 is 41.7 Å².